The number of carbonyl (C=O) groups is 1. The summed E-state index contributed by atoms with van der Waals surface area (Å²) in [5, 5.41) is 3.28. The van der Waals surface area contributed by atoms with Crippen LogP contribution in [0.5, 0.6) is 0 Å². The third-order valence-corrected chi connectivity index (χ3v) is 3.71. The molecule has 2 heterocycles. The molecule has 1 amide bonds. The van der Waals surface area contributed by atoms with Crippen molar-refractivity contribution >= 4 is 5.91 Å². The molecule has 1 aromatic heterocycles. The van der Waals surface area contributed by atoms with Gasteiger partial charge in [-0.1, -0.05) is 20.8 Å². The number of oxazole rings is 1. The van der Waals surface area contributed by atoms with Gasteiger partial charge in [0.1, 0.15) is 11.8 Å². The van der Waals surface area contributed by atoms with E-state index in [1.165, 1.54) is 0 Å². The van der Waals surface area contributed by atoms with Crippen molar-refractivity contribution in [3.05, 3.63) is 17.8 Å². The Bertz CT molecular complexity index is 490. The molecular weight excluding hydrogens is 268 g/mol. The lowest BCUT2D eigenvalue weighted by molar-refractivity contribution is -0.135. The summed E-state index contributed by atoms with van der Waals surface area (Å²) in [5.74, 6) is 1.67. The van der Waals surface area contributed by atoms with Gasteiger partial charge in [0.25, 0.3) is 0 Å². The Morgan fingerprint density at radius 2 is 2.24 bits per heavy atom. The van der Waals surface area contributed by atoms with Crippen LogP contribution < -0.4 is 5.32 Å². The molecule has 1 aliphatic heterocycles. The second kappa shape index (κ2) is 6.15. The van der Waals surface area contributed by atoms with Crippen molar-refractivity contribution in [2.45, 2.75) is 38.8 Å². The number of carbonyl (C=O) groups excluding carboxylic acids is 1. The highest BCUT2D eigenvalue weighted by Gasteiger charge is 2.31. The average Bonchev–Trinajstić information content (AvgIpc) is 2.87. The Balaban J connectivity index is 2.09. The van der Waals surface area contributed by atoms with Crippen molar-refractivity contribution in [1.29, 1.82) is 0 Å². The molecule has 0 aromatic carbocycles. The van der Waals surface area contributed by atoms with Gasteiger partial charge in [0, 0.05) is 39.1 Å². The largest absolute Gasteiger partial charge is 0.444 e. The van der Waals surface area contributed by atoms with Crippen LogP contribution in [0, 0.1) is 0 Å². The molecule has 1 fully saturated rings. The Kier molecular flexibility index (Phi) is 4.68. The summed E-state index contributed by atoms with van der Waals surface area (Å²) in [6.45, 7) is 9.23. The van der Waals surface area contributed by atoms with Gasteiger partial charge in [0.2, 0.25) is 11.8 Å². The number of likely N-dealkylation sites (N-methyl/N-ethyl adjacent to an activating group) is 1. The van der Waals surface area contributed by atoms with E-state index in [2.05, 4.69) is 36.0 Å². The highest BCUT2D eigenvalue weighted by atomic mass is 16.4. The molecule has 0 saturated carbocycles. The molecule has 0 aliphatic carbocycles. The minimum absolute atomic E-state index is 0.0481. The van der Waals surface area contributed by atoms with Gasteiger partial charge in [-0.05, 0) is 0 Å². The van der Waals surface area contributed by atoms with Gasteiger partial charge in [0.05, 0.1) is 12.7 Å². The zero-order valence-corrected chi connectivity index (χ0v) is 13.6. The Morgan fingerprint density at radius 3 is 2.81 bits per heavy atom. The van der Waals surface area contributed by atoms with Crippen LogP contribution in [0.25, 0.3) is 0 Å². The second-order valence-corrected chi connectivity index (χ2v) is 6.79. The van der Waals surface area contributed by atoms with Crippen LogP contribution in [0.1, 0.15) is 32.4 Å². The third-order valence-electron chi connectivity index (χ3n) is 3.71. The lowest BCUT2D eigenvalue weighted by Gasteiger charge is -2.35. The second-order valence-electron chi connectivity index (χ2n) is 6.79. The summed E-state index contributed by atoms with van der Waals surface area (Å²) < 4.78 is 5.84. The molecule has 6 heteroatoms. The number of rotatable bonds is 3. The maximum Gasteiger partial charge on any atom is 0.240 e. The molecule has 21 heavy (non-hydrogen) atoms. The van der Waals surface area contributed by atoms with Crippen LogP contribution in [0.3, 0.4) is 0 Å². The molecule has 2 rings (SSSR count). The van der Waals surface area contributed by atoms with Crippen LogP contribution in [-0.2, 0) is 16.8 Å². The molecule has 1 N–H and O–H groups in total. The molecule has 118 valence electrons. The summed E-state index contributed by atoms with van der Waals surface area (Å²) in [6, 6.07) is -0.154. The summed E-state index contributed by atoms with van der Waals surface area (Å²) in [5.41, 5.74) is -0.0481. The lowest BCUT2D eigenvalue weighted by atomic mass is 9.94. The molecule has 1 unspecified atom stereocenters. The fraction of sp³-hybridized carbons (Fsp3) is 0.733. The van der Waals surface area contributed by atoms with Crippen molar-refractivity contribution < 1.29 is 9.21 Å². The number of piperazine rings is 1. The molecule has 0 spiro atoms. The van der Waals surface area contributed by atoms with Crippen molar-refractivity contribution in [3.63, 3.8) is 0 Å². The monoisotopic (exact) mass is 294 g/mol. The number of hydrogen-bond donors (Lipinski definition) is 1. The van der Waals surface area contributed by atoms with Crippen molar-refractivity contribution in [1.82, 2.24) is 20.1 Å². The maximum atomic E-state index is 12.3. The summed E-state index contributed by atoms with van der Waals surface area (Å²) >= 11 is 0. The van der Waals surface area contributed by atoms with E-state index in [-0.39, 0.29) is 17.4 Å². The number of nitrogens with zero attached hydrogens (tertiary/aromatic N) is 3. The minimum Gasteiger partial charge on any atom is -0.444 e. The predicted molar refractivity (Wildman–Crippen MR) is 81.0 cm³/mol. The average molecular weight is 294 g/mol. The van der Waals surface area contributed by atoms with E-state index in [0.29, 0.717) is 19.0 Å². The molecule has 0 radical (unpaired) electrons. The van der Waals surface area contributed by atoms with Gasteiger partial charge in [-0.3, -0.25) is 9.69 Å². The zero-order chi connectivity index (χ0) is 15.6. The third kappa shape index (κ3) is 3.83. The molecule has 1 saturated heterocycles. The van der Waals surface area contributed by atoms with Crippen LogP contribution in [0.2, 0.25) is 0 Å². The topological polar surface area (TPSA) is 61.6 Å². The van der Waals surface area contributed by atoms with Crippen LogP contribution in [-0.4, -0.2) is 60.5 Å². The summed E-state index contributed by atoms with van der Waals surface area (Å²) in [6.07, 6.45) is 1.79. The lowest BCUT2D eigenvalue weighted by Crippen LogP contribution is -2.57. The first kappa shape index (κ1) is 16.0. The van der Waals surface area contributed by atoms with Crippen LogP contribution in [0.15, 0.2) is 10.6 Å². The van der Waals surface area contributed by atoms with Gasteiger partial charge in [-0.15, -0.1) is 0 Å². The van der Waals surface area contributed by atoms with Gasteiger partial charge in [0.15, 0.2) is 0 Å². The quantitative estimate of drug-likeness (QED) is 0.895. The number of nitrogens with one attached hydrogen (secondary N) is 1. The first-order valence-corrected chi connectivity index (χ1v) is 7.40. The Morgan fingerprint density at radius 1 is 1.52 bits per heavy atom. The Labute approximate surface area is 126 Å². The number of amides is 1. The molecule has 1 aromatic rings. The van der Waals surface area contributed by atoms with Gasteiger partial charge < -0.3 is 14.6 Å². The maximum absolute atomic E-state index is 12.3. The fourth-order valence-corrected chi connectivity index (χ4v) is 2.38. The van der Waals surface area contributed by atoms with Crippen molar-refractivity contribution in [3.8, 4) is 0 Å². The van der Waals surface area contributed by atoms with E-state index in [1.807, 2.05) is 0 Å². The molecule has 1 atom stereocenters. The SMILES string of the molecule is CN(C)C(=O)C1CNCCN1Cc1ncc(C(C)(C)C)o1. The van der Waals surface area contributed by atoms with E-state index in [1.54, 1.807) is 25.2 Å². The normalized spacial score (nSPS) is 20.5. The number of aromatic nitrogens is 1. The van der Waals surface area contributed by atoms with Crippen molar-refractivity contribution in [2.24, 2.45) is 0 Å². The summed E-state index contributed by atoms with van der Waals surface area (Å²) in [7, 11) is 3.58. The van der Waals surface area contributed by atoms with Gasteiger partial charge in [-0.25, -0.2) is 4.98 Å². The van der Waals surface area contributed by atoms with E-state index >= 15 is 0 Å². The zero-order valence-electron chi connectivity index (χ0n) is 13.6. The fourth-order valence-electron chi connectivity index (χ4n) is 2.38. The first-order chi connectivity index (χ1) is 9.79. The van der Waals surface area contributed by atoms with E-state index in [0.717, 1.165) is 18.8 Å². The molecule has 1 aliphatic rings. The first-order valence-electron chi connectivity index (χ1n) is 7.40. The molecule has 6 nitrogen and oxygen atoms in total. The van der Waals surface area contributed by atoms with Crippen molar-refractivity contribution in [2.75, 3.05) is 33.7 Å². The van der Waals surface area contributed by atoms with Gasteiger partial charge in [-0.2, -0.15) is 0 Å². The summed E-state index contributed by atoms with van der Waals surface area (Å²) in [4.78, 5) is 20.4. The van der Waals surface area contributed by atoms with E-state index in [9.17, 15) is 4.79 Å². The minimum atomic E-state index is -0.154. The molecular formula is C15H26N4O2. The van der Waals surface area contributed by atoms with E-state index in [4.69, 9.17) is 4.42 Å². The smallest absolute Gasteiger partial charge is 0.240 e. The molecule has 0 bridgehead atoms. The highest BCUT2D eigenvalue weighted by Crippen LogP contribution is 2.23. The Hall–Kier alpha value is -1.40. The standard InChI is InChI=1S/C15H26N4O2/c1-15(2,3)12-9-17-13(21-12)10-19-7-6-16-8-11(19)14(20)18(4)5/h9,11,16H,6-8,10H2,1-5H3. The van der Waals surface area contributed by atoms with Gasteiger partial charge >= 0.3 is 0 Å². The van der Waals surface area contributed by atoms with Crippen LogP contribution >= 0.6 is 0 Å². The van der Waals surface area contributed by atoms with E-state index < -0.39 is 0 Å². The predicted octanol–water partition coefficient (Wildman–Crippen LogP) is 0.834. The highest BCUT2D eigenvalue weighted by molar-refractivity contribution is 5.81. The van der Waals surface area contributed by atoms with Crippen LogP contribution in [0.4, 0.5) is 0 Å². The number of hydrogen-bond acceptors (Lipinski definition) is 5.